The molecule has 0 aliphatic rings. The van der Waals surface area contributed by atoms with E-state index in [2.05, 4.69) is 127 Å². The Kier molecular flexibility index (Phi) is 7.00. The van der Waals surface area contributed by atoms with Gasteiger partial charge in [-0.15, -0.1) is 11.3 Å². The van der Waals surface area contributed by atoms with Crippen molar-refractivity contribution in [2.75, 3.05) is 0 Å². The number of fused-ring (bicyclic) bond motifs is 7. The Bertz CT molecular complexity index is 3220. The van der Waals surface area contributed by atoms with Gasteiger partial charge in [0.1, 0.15) is 11.2 Å². The number of furan rings is 1. The Morgan fingerprint density at radius 2 is 0.944 bits per heavy atom. The Hall–Kier alpha value is -6.95. The molecule has 0 radical (unpaired) electrons. The Labute approximate surface area is 314 Å². The highest BCUT2D eigenvalue weighted by atomic mass is 32.1. The molecule has 0 unspecified atom stereocenters. The first-order valence-corrected chi connectivity index (χ1v) is 18.8. The molecule has 11 rings (SSSR count). The van der Waals surface area contributed by atoms with Crippen LogP contribution in [-0.4, -0.2) is 15.0 Å². The molecule has 5 heteroatoms. The van der Waals surface area contributed by atoms with E-state index >= 15 is 0 Å². The number of hydrogen-bond donors (Lipinski definition) is 0. The molecule has 4 nitrogen and oxygen atoms in total. The van der Waals surface area contributed by atoms with Gasteiger partial charge < -0.3 is 4.42 Å². The summed E-state index contributed by atoms with van der Waals surface area (Å²) >= 11 is 1.82. The van der Waals surface area contributed by atoms with Crippen molar-refractivity contribution in [3.63, 3.8) is 0 Å². The van der Waals surface area contributed by atoms with Gasteiger partial charge in [-0.1, -0.05) is 133 Å². The van der Waals surface area contributed by atoms with Crippen molar-refractivity contribution in [1.29, 1.82) is 0 Å². The fraction of sp³-hybridized carbons (Fsp3) is 0. The van der Waals surface area contributed by atoms with E-state index in [9.17, 15) is 0 Å². The van der Waals surface area contributed by atoms with Crippen molar-refractivity contribution in [1.82, 2.24) is 15.0 Å². The van der Waals surface area contributed by atoms with E-state index in [1.54, 1.807) is 0 Å². The lowest BCUT2D eigenvalue weighted by Gasteiger charge is -2.11. The molecule has 3 heterocycles. The van der Waals surface area contributed by atoms with Crippen molar-refractivity contribution in [2.45, 2.75) is 0 Å². The summed E-state index contributed by atoms with van der Waals surface area (Å²) in [5, 5.41) is 6.91. The van der Waals surface area contributed by atoms with Crippen LogP contribution >= 0.6 is 11.3 Å². The standard InChI is InChI=1S/C49H29N3OS/c1-3-11-30(12-4-1)32-19-20-34-26-36(22-21-33(34)25-32)48-50-47(31-13-5-2-6-14-31)51-49(52-48)37-27-41(46-42(28-37)38-15-7-9-17-43(38)53-46)35-23-24-40-39-16-8-10-18-44(39)54-45(40)29-35/h1-29H. The van der Waals surface area contributed by atoms with Gasteiger partial charge in [0.25, 0.3) is 0 Å². The zero-order valence-corrected chi connectivity index (χ0v) is 29.7. The lowest BCUT2D eigenvalue weighted by Crippen LogP contribution is -2.00. The van der Waals surface area contributed by atoms with Crippen LogP contribution in [0, 0.1) is 0 Å². The van der Waals surface area contributed by atoms with Gasteiger partial charge in [0.2, 0.25) is 0 Å². The summed E-state index contributed by atoms with van der Waals surface area (Å²) in [5.74, 6) is 1.86. The molecule has 0 bridgehead atoms. The van der Waals surface area contributed by atoms with E-state index in [4.69, 9.17) is 19.4 Å². The molecule has 0 N–H and O–H groups in total. The smallest absolute Gasteiger partial charge is 0.164 e. The molecule has 54 heavy (non-hydrogen) atoms. The van der Waals surface area contributed by atoms with Gasteiger partial charge in [0.15, 0.2) is 17.5 Å². The lowest BCUT2D eigenvalue weighted by molar-refractivity contribution is 0.670. The minimum Gasteiger partial charge on any atom is -0.455 e. The lowest BCUT2D eigenvalue weighted by atomic mass is 9.97. The number of para-hydroxylation sites is 1. The van der Waals surface area contributed by atoms with Crippen molar-refractivity contribution >= 4 is 64.2 Å². The van der Waals surface area contributed by atoms with Crippen LogP contribution in [0.2, 0.25) is 0 Å². The average molecular weight is 708 g/mol. The molecule has 8 aromatic carbocycles. The molecule has 0 amide bonds. The SMILES string of the molecule is c1ccc(-c2ccc3cc(-c4nc(-c5ccccc5)nc(-c5cc(-c6ccc7c(c6)sc6ccccc67)c6oc7ccccc7c6c5)n4)ccc3c2)cc1. The fourth-order valence-electron chi connectivity index (χ4n) is 7.61. The van der Waals surface area contributed by atoms with Gasteiger partial charge in [0.05, 0.1) is 0 Å². The summed E-state index contributed by atoms with van der Waals surface area (Å²) in [6.07, 6.45) is 0. The summed E-state index contributed by atoms with van der Waals surface area (Å²) in [4.78, 5) is 15.4. The maximum Gasteiger partial charge on any atom is 0.164 e. The second-order valence-corrected chi connectivity index (χ2v) is 14.7. The minimum atomic E-state index is 0.606. The van der Waals surface area contributed by atoms with Crippen molar-refractivity contribution in [3.8, 4) is 56.4 Å². The second-order valence-electron chi connectivity index (χ2n) is 13.6. The number of nitrogens with zero attached hydrogens (tertiary/aromatic N) is 3. The average Bonchev–Trinajstić information content (AvgIpc) is 3.81. The first kappa shape index (κ1) is 30.7. The van der Waals surface area contributed by atoms with Gasteiger partial charge in [-0.25, -0.2) is 15.0 Å². The summed E-state index contributed by atoms with van der Waals surface area (Å²) in [5.41, 5.74) is 8.93. The van der Waals surface area contributed by atoms with E-state index < -0.39 is 0 Å². The number of benzene rings is 8. The van der Waals surface area contributed by atoms with Crippen LogP contribution in [0.15, 0.2) is 180 Å². The highest BCUT2D eigenvalue weighted by molar-refractivity contribution is 7.25. The first-order chi connectivity index (χ1) is 26.7. The molecule has 0 saturated heterocycles. The summed E-state index contributed by atoms with van der Waals surface area (Å²) < 4.78 is 9.14. The van der Waals surface area contributed by atoms with Gasteiger partial charge in [0, 0.05) is 53.2 Å². The summed E-state index contributed by atoms with van der Waals surface area (Å²) in [6, 6.07) is 61.6. The maximum atomic E-state index is 6.61. The third-order valence-corrected chi connectivity index (χ3v) is 11.4. The molecular weight excluding hydrogens is 679 g/mol. The quantitative estimate of drug-likeness (QED) is 0.179. The zero-order valence-electron chi connectivity index (χ0n) is 28.9. The van der Waals surface area contributed by atoms with E-state index in [0.29, 0.717) is 17.5 Å². The molecule has 0 fully saturated rings. The minimum absolute atomic E-state index is 0.606. The molecule has 0 atom stereocenters. The summed E-state index contributed by atoms with van der Waals surface area (Å²) in [7, 11) is 0. The van der Waals surface area contributed by atoms with Crippen LogP contribution < -0.4 is 0 Å². The van der Waals surface area contributed by atoms with E-state index in [-0.39, 0.29) is 0 Å². The van der Waals surface area contributed by atoms with Crippen LogP contribution in [-0.2, 0) is 0 Å². The predicted molar refractivity (Wildman–Crippen MR) is 225 cm³/mol. The number of rotatable bonds is 5. The van der Waals surface area contributed by atoms with E-state index in [0.717, 1.165) is 60.5 Å². The molecule has 0 saturated carbocycles. The van der Waals surface area contributed by atoms with Gasteiger partial charge in [-0.2, -0.15) is 0 Å². The predicted octanol–water partition coefficient (Wildman–Crippen LogP) is 13.6. The Morgan fingerprint density at radius 3 is 1.74 bits per heavy atom. The molecular formula is C49H29N3OS. The third kappa shape index (κ3) is 5.17. The highest BCUT2D eigenvalue weighted by Gasteiger charge is 2.19. The van der Waals surface area contributed by atoms with Gasteiger partial charge in [-0.05, 0) is 69.9 Å². The highest BCUT2D eigenvalue weighted by Crippen LogP contribution is 2.42. The van der Waals surface area contributed by atoms with Gasteiger partial charge in [-0.3, -0.25) is 0 Å². The monoisotopic (exact) mass is 707 g/mol. The largest absolute Gasteiger partial charge is 0.455 e. The van der Waals surface area contributed by atoms with Crippen molar-refractivity contribution in [3.05, 3.63) is 176 Å². The topological polar surface area (TPSA) is 51.8 Å². The van der Waals surface area contributed by atoms with Gasteiger partial charge >= 0.3 is 0 Å². The number of thiophene rings is 1. The van der Waals surface area contributed by atoms with Crippen molar-refractivity contribution in [2.24, 2.45) is 0 Å². The normalized spacial score (nSPS) is 11.7. The number of hydrogen-bond acceptors (Lipinski definition) is 5. The third-order valence-electron chi connectivity index (χ3n) is 10.3. The second kappa shape index (κ2) is 12.3. The maximum absolute atomic E-state index is 6.61. The molecule has 0 aliphatic heterocycles. The first-order valence-electron chi connectivity index (χ1n) is 18.0. The molecule has 252 valence electrons. The zero-order chi connectivity index (χ0) is 35.6. The molecule has 0 spiro atoms. The van der Waals surface area contributed by atoms with Crippen LogP contribution in [0.4, 0.5) is 0 Å². The number of aromatic nitrogens is 3. The van der Waals surface area contributed by atoms with Crippen molar-refractivity contribution < 1.29 is 4.42 Å². The van der Waals surface area contributed by atoms with Crippen LogP contribution in [0.5, 0.6) is 0 Å². The Morgan fingerprint density at radius 1 is 0.352 bits per heavy atom. The molecule has 0 aliphatic carbocycles. The van der Waals surface area contributed by atoms with Crippen LogP contribution in [0.1, 0.15) is 0 Å². The van der Waals surface area contributed by atoms with E-state index in [1.165, 1.54) is 31.3 Å². The fourth-order valence-corrected chi connectivity index (χ4v) is 8.75. The van der Waals surface area contributed by atoms with E-state index in [1.807, 2.05) is 59.9 Å². The Balaban J connectivity index is 1.11. The summed E-state index contributed by atoms with van der Waals surface area (Å²) in [6.45, 7) is 0. The molecule has 11 aromatic rings. The van der Waals surface area contributed by atoms with Crippen LogP contribution in [0.25, 0.3) is 109 Å². The molecule has 3 aromatic heterocycles. The van der Waals surface area contributed by atoms with Crippen LogP contribution in [0.3, 0.4) is 0 Å².